The molecule has 1 aliphatic carbocycles. The zero-order valence-corrected chi connectivity index (χ0v) is 9.21. The van der Waals surface area contributed by atoms with E-state index in [1.54, 1.807) is 0 Å². The molecule has 1 saturated carbocycles. The summed E-state index contributed by atoms with van der Waals surface area (Å²) in [4.78, 5) is 11.4. The maximum Gasteiger partial charge on any atom is 0.133 e. The molecule has 3 heteroatoms. The molecule has 1 fully saturated rings. The topological polar surface area (TPSA) is 57.5 Å². The van der Waals surface area contributed by atoms with Gasteiger partial charge in [0.2, 0.25) is 0 Å². The fraction of sp³-hybridized carbons (Fsp3) is 0.909. The van der Waals surface area contributed by atoms with Crippen LogP contribution in [0, 0.1) is 11.3 Å². The Bertz CT molecular complexity index is 235. The number of hydrogen-bond donors (Lipinski definition) is 2. The molecule has 0 aliphatic heterocycles. The predicted molar refractivity (Wildman–Crippen MR) is 53.8 cm³/mol. The summed E-state index contributed by atoms with van der Waals surface area (Å²) in [6.45, 7) is 5.65. The first-order valence-electron chi connectivity index (χ1n) is 5.18. The molecule has 1 aliphatic rings. The Morgan fingerprint density at radius 2 is 2.07 bits per heavy atom. The Labute approximate surface area is 85.1 Å². The number of hydrogen-bond acceptors (Lipinski definition) is 3. The van der Waals surface area contributed by atoms with Gasteiger partial charge in [-0.25, -0.2) is 0 Å². The van der Waals surface area contributed by atoms with Gasteiger partial charge in [0.15, 0.2) is 0 Å². The third kappa shape index (κ3) is 1.71. The molecule has 1 rings (SSSR count). The van der Waals surface area contributed by atoms with Crippen molar-refractivity contribution in [3.8, 4) is 0 Å². The molecule has 3 nitrogen and oxygen atoms in total. The van der Waals surface area contributed by atoms with E-state index in [0.717, 1.165) is 0 Å². The van der Waals surface area contributed by atoms with Crippen LogP contribution < -0.4 is 0 Å². The van der Waals surface area contributed by atoms with Crippen molar-refractivity contribution in [2.45, 2.75) is 45.6 Å². The smallest absolute Gasteiger partial charge is 0.133 e. The van der Waals surface area contributed by atoms with Crippen molar-refractivity contribution in [1.82, 2.24) is 0 Å². The largest absolute Gasteiger partial charge is 0.396 e. The summed E-state index contributed by atoms with van der Waals surface area (Å²) in [6.07, 6.45) is 1.20. The maximum absolute atomic E-state index is 11.4. The molecule has 0 saturated heterocycles. The number of carbonyl (C=O) groups is 1. The molecule has 0 heterocycles. The number of ketones is 1. The minimum Gasteiger partial charge on any atom is -0.396 e. The highest BCUT2D eigenvalue weighted by molar-refractivity contribution is 5.80. The van der Waals surface area contributed by atoms with Crippen LogP contribution in [0.1, 0.15) is 40.0 Å². The Balaban J connectivity index is 2.95. The monoisotopic (exact) mass is 200 g/mol. The van der Waals surface area contributed by atoms with Crippen molar-refractivity contribution in [2.75, 3.05) is 6.61 Å². The molecule has 82 valence electrons. The van der Waals surface area contributed by atoms with Crippen LogP contribution in [0.4, 0.5) is 0 Å². The number of rotatable bonds is 2. The molecule has 2 unspecified atom stereocenters. The van der Waals surface area contributed by atoms with Crippen molar-refractivity contribution < 1.29 is 15.0 Å². The van der Waals surface area contributed by atoms with E-state index < -0.39 is 11.0 Å². The van der Waals surface area contributed by atoms with Gasteiger partial charge in [-0.1, -0.05) is 20.8 Å². The summed E-state index contributed by atoms with van der Waals surface area (Å²) in [5.74, 6) is 0.149. The molecule has 0 aromatic rings. The zero-order chi connectivity index (χ0) is 11.0. The average Bonchev–Trinajstić information content (AvgIpc) is 2.00. The van der Waals surface area contributed by atoms with Crippen LogP contribution >= 0.6 is 0 Å². The average molecular weight is 200 g/mol. The van der Waals surface area contributed by atoms with Crippen LogP contribution in [0.25, 0.3) is 0 Å². The lowest BCUT2D eigenvalue weighted by atomic mass is 9.59. The number of aliphatic hydroxyl groups is 2. The van der Waals surface area contributed by atoms with Gasteiger partial charge in [-0.05, 0) is 5.92 Å². The van der Waals surface area contributed by atoms with Gasteiger partial charge in [0.05, 0.1) is 5.60 Å². The lowest BCUT2D eigenvalue weighted by Crippen LogP contribution is -2.55. The SMILES string of the molecule is CC1CC(=O)CC(C)(C)C1(O)CCO. The molecular formula is C11H20O3. The second-order valence-corrected chi connectivity index (χ2v) is 5.10. The van der Waals surface area contributed by atoms with Gasteiger partial charge >= 0.3 is 0 Å². The predicted octanol–water partition coefficient (Wildman–Crippen LogP) is 1.13. The molecule has 0 spiro atoms. The van der Waals surface area contributed by atoms with Crippen LogP contribution in [-0.4, -0.2) is 28.2 Å². The van der Waals surface area contributed by atoms with E-state index in [1.807, 2.05) is 20.8 Å². The van der Waals surface area contributed by atoms with E-state index in [1.165, 1.54) is 0 Å². The maximum atomic E-state index is 11.4. The Hall–Kier alpha value is -0.410. The molecule has 0 bridgehead atoms. The Morgan fingerprint density at radius 1 is 1.50 bits per heavy atom. The summed E-state index contributed by atoms with van der Waals surface area (Å²) in [5, 5.41) is 19.4. The van der Waals surface area contributed by atoms with E-state index in [9.17, 15) is 9.90 Å². The zero-order valence-electron chi connectivity index (χ0n) is 9.21. The van der Waals surface area contributed by atoms with E-state index in [4.69, 9.17) is 5.11 Å². The third-order valence-corrected chi connectivity index (χ3v) is 3.65. The third-order valence-electron chi connectivity index (χ3n) is 3.65. The fourth-order valence-electron chi connectivity index (χ4n) is 2.65. The lowest BCUT2D eigenvalue weighted by Gasteiger charge is -2.49. The van der Waals surface area contributed by atoms with Gasteiger partial charge in [-0.3, -0.25) is 4.79 Å². The minimum absolute atomic E-state index is 0.0293. The first kappa shape index (κ1) is 11.7. The van der Waals surface area contributed by atoms with Crippen LogP contribution in [0.5, 0.6) is 0 Å². The highest BCUT2D eigenvalue weighted by Crippen LogP contribution is 2.47. The van der Waals surface area contributed by atoms with Crippen molar-refractivity contribution in [3.05, 3.63) is 0 Å². The number of carbonyl (C=O) groups excluding carboxylic acids is 1. The summed E-state index contributed by atoms with van der Waals surface area (Å²) in [7, 11) is 0. The van der Waals surface area contributed by atoms with Crippen LogP contribution in [0.15, 0.2) is 0 Å². The van der Waals surface area contributed by atoms with E-state index in [-0.39, 0.29) is 18.3 Å². The molecule has 0 amide bonds. The lowest BCUT2D eigenvalue weighted by molar-refractivity contribution is -0.160. The minimum atomic E-state index is -0.907. The van der Waals surface area contributed by atoms with Crippen molar-refractivity contribution in [3.63, 3.8) is 0 Å². The van der Waals surface area contributed by atoms with Gasteiger partial charge in [0.25, 0.3) is 0 Å². The van der Waals surface area contributed by atoms with Crippen molar-refractivity contribution >= 4 is 5.78 Å². The molecular weight excluding hydrogens is 180 g/mol. The van der Waals surface area contributed by atoms with Gasteiger partial charge in [-0.2, -0.15) is 0 Å². The van der Waals surface area contributed by atoms with E-state index in [0.29, 0.717) is 19.3 Å². The van der Waals surface area contributed by atoms with E-state index >= 15 is 0 Å². The van der Waals surface area contributed by atoms with Gasteiger partial charge in [-0.15, -0.1) is 0 Å². The normalized spacial score (nSPS) is 37.2. The van der Waals surface area contributed by atoms with Gasteiger partial charge in [0, 0.05) is 31.3 Å². The standard InChI is InChI=1S/C11H20O3/c1-8-6-9(13)7-10(2,3)11(8,14)4-5-12/h8,12,14H,4-7H2,1-3H3. The highest BCUT2D eigenvalue weighted by Gasteiger charge is 2.51. The van der Waals surface area contributed by atoms with Crippen LogP contribution in [0.2, 0.25) is 0 Å². The summed E-state index contributed by atoms with van der Waals surface area (Å²) >= 11 is 0. The molecule has 0 radical (unpaired) electrons. The number of Topliss-reactive ketones (excluding diaryl/α,β-unsaturated/α-hetero) is 1. The van der Waals surface area contributed by atoms with Crippen LogP contribution in [-0.2, 0) is 4.79 Å². The summed E-state index contributed by atoms with van der Waals surface area (Å²) < 4.78 is 0. The molecule has 2 N–H and O–H groups in total. The summed E-state index contributed by atoms with van der Waals surface area (Å²) in [6, 6.07) is 0. The van der Waals surface area contributed by atoms with Crippen LogP contribution in [0.3, 0.4) is 0 Å². The quantitative estimate of drug-likeness (QED) is 0.702. The second-order valence-electron chi connectivity index (χ2n) is 5.10. The first-order valence-corrected chi connectivity index (χ1v) is 5.18. The molecule has 2 atom stereocenters. The molecule has 14 heavy (non-hydrogen) atoms. The first-order chi connectivity index (χ1) is 6.33. The molecule has 0 aromatic carbocycles. The summed E-state index contributed by atoms with van der Waals surface area (Å²) in [5.41, 5.74) is -1.33. The van der Waals surface area contributed by atoms with E-state index in [2.05, 4.69) is 0 Å². The van der Waals surface area contributed by atoms with Gasteiger partial charge in [0.1, 0.15) is 5.78 Å². The fourth-order valence-corrected chi connectivity index (χ4v) is 2.65. The van der Waals surface area contributed by atoms with Gasteiger partial charge < -0.3 is 10.2 Å². The number of aliphatic hydroxyl groups excluding tert-OH is 1. The van der Waals surface area contributed by atoms with Crippen molar-refractivity contribution in [1.29, 1.82) is 0 Å². The highest BCUT2D eigenvalue weighted by atomic mass is 16.3. The Kier molecular flexibility index (Phi) is 3.02. The second kappa shape index (κ2) is 3.63. The Morgan fingerprint density at radius 3 is 2.50 bits per heavy atom. The molecule has 0 aromatic heterocycles. The van der Waals surface area contributed by atoms with Crippen molar-refractivity contribution in [2.24, 2.45) is 11.3 Å².